The molecule has 0 radical (unpaired) electrons. The van der Waals surface area contributed by atoms with Gasteiger partial charge in [-0.3, -0.25) is 9.59 Å². The zero-order valence-electron chi connectivity index (χ0n) is 7.98. The van der Waals surface area contributed by atoms with Gasteiger partial charge < -0.3 is 0 Å². The Morgan fingerprint density at radius 1 is 1.12 bits per heavy atom. The van der Waals surface area contributed by atoms with Gasteiger partial charge in [-0.25, -0.2) is 4.98 Å². The predicted molar refractivity (Wildman–Crippen MR) is 56.2 cm³/mol. The Bertz CT molecular complexity index is 538. The van der Waals surface area contributed by atoms with E-state index in [-0.39, 0.29) is 16.4 Å². The van der Waals surface area contributed by atoms with Gasteiger partial charge in [-0.2, -0.15) is 0 Å². The minimum atomic E-state index is -0.995. The molecule has 0 saturated carbocycles. The first kappa shape index (κ1) is 12.5. The molecule has 0 aromatic carbocycles. The Hall–Kier alpha value is -2.60. The number of aromatic nitrogens is 1. The van der Waals surface area contributed by atoms with Gasteiger partial charge >= 0.3 is 0 Å². The quantitative estimate of drug-likeness (QED) is 0.452. The van der Waals surface area contributed by atoms with Crippen LogP contribution in [-0.4, -0.2) is 16.8 Å². The third kappa shape index (κ3) is 3.18. The highest BCUT2D eigenvalue weighted by Gasteiger charge is 2.12. The topological polar surface area (TPSA) is 145 Å². The summed E-state index contributed by atoms with van der Waals surface area (Å²) in [5.41, 5.74) is 15.5. The number of hydrogen-bond acceptors (Lipinski definition) is 3. The van der Waals surface area contributed by atoms with Crippen molar-refractivity contribution in [2.45, 2.75) is 0 Å². The van der Waals surface area contributed by atoms with Crippen molar-refractivity contribution in [3.8, 4) is 0 Å². The fourth-order valence-electron chi connectivity index (χ4n) is 0.900. The van der Waals surface area contributed by atoms with Crippen LogP contribution < -0.4 is 0 Å². The van der Waals surface area contributed by atoms with Gasteiger partial charge in [0.2, 0.25) is 0 Å². The first-order valence-electron chi connectivity index (χ1n) is 3.95. The lowest BCUT2D eigenvalue weighted by Gasteiger charge is -1.99. The molecular weight excluding hydrogens is 250 g/mol. The Morgan fingerprint density at radius 2 is 1.53 bits per heavy atom. The molecule has 84 valence electrons. The molecule has 1 rings (SSSR count). The van der Waals surface area contributed by atoms with E-state index in [1.807, 2.05) is 0 Å². The number of hydrogen-bond donors (Lipinski definition) is 0. The summed E-state index contributed by atoms with van der Waals surface area (Å²) in [5.74, 6) is -1.99. The summed E-state index contributed by atoms with van der Waals surface area (Å²) in [6, 6.07) is 2.23. The van der Waals surface area contributed by atoms with Crippen LogP contribution in [0, 0.1) is 0 Å². The highest BCUT2D eigenvalue weighted by Crippen LogP contribution is 2.13. The molecule has 1 aromatic rings. The van der Waals surface area contributed by atoms with Crippen LogP contribution in [0.3, 0.4) is 0 Å². The maximum absolute atomic E-state index is 11.2. The van der Waals surface area contributed by atoms with E-state index in [1.54, 1.807) is 0 Å². The second kappa shape index (κ2) is 5.47. The van der Waals surface area contributed by atoms with Crippen LogP contribution in [0.25, 0.3) is 20.9 Å². The molecule has 2 amide bonds. The number of carbonyl (C=O) groups excluding carboxylic acids is 2. The lowest BCUT2D eigenvalue weighted by atomic mass is 10.3. The van der Waals surface area contributed by atoms with Crippen LogP contribution >= 0.6 is 11.6 Å². The largest absolute Gasteiger partial charge is 0.285 e. The van der Waals surface area contributed by atoms with Gasteiger partial charge in [0.25, 0.3) is 11.8 Å². The summed E-state index contributed by atoms with van der Waals surface area (Å²) < 4.78 is 0. The molecule has 0 fully saturated rings. The van der Waals surface area contributed by atoms with Crippen molar-refractivity contribution < 1.29 is 9.59 Å². The van der Waals surface area contributed by atoms with E-state index in [9.17, 15) is 9.59 Å². The first-order valence-corrected chi connectivity index (χ1v) is 4.32. The van der Waals surface area contributed by atoms with Crippen molar-refractivity contribution >= 4 is 23.4 Å². The average molecular weight is 252 g/mol. The Balaban J connectivity index is 3.28. The molecule has 0 aliphatic carbocycles. The second-order valence-electron chi connectivity index (χ2n) is 2.55. The number of carbonyl (C=O) groups is 2. The van der Waals surface area contributed by atoms with Crippen molar-refractivity contribution in [2.24, 2.45) is 10.2 Å². The van der Waals surface area contributed by atoms with Crippen molar-refractivity contribution in [3.05, 3.63) is 49.4 Å². The molecular formula is C7H2ClN7O2. The zero-order valence-corrected chi connectivity index (χ0v) is 8.74. The molecule has 0 N–H and O–H groups in total. The molecule has 0 unspecified atom stereocenters. The minimum absolute atomic E-state index is 0.0213. The Kier molecular flexibility index (Phi) is 4.02. The van der Waals surface area contributed by atoms with Gasteiger partial charge in [-0.15, -0.1) is 0 Å². The van der Waals surface area contributed by atoms with Gasteiger partial charge in [-0.05, 0) is 33.4 Å². The van der Waals surface area contributed by atoms with Crippen LogP contribution in [0.4, 0.5) is 0 Å². The van der Waals surface area contributed by atoms with Gasteiger partial charge in [-0.1, -0.05) is 11.6 Å². The summed E-state index contributed by atoms with van der Waals surface area (Å²) in [6.45, 7) is 0. The van der Waals surface area contributed by atoms with Crippen LogP contribution in [0.5, 0.6) is 0 Å². The highest BCUT2D eigenvalue weighted by molar-refractivity contribution is 6.31. The van der Waals surface area contributed by atoms with E-state index in [1.165, 1.54) is 0 Å². The number of nitrogens with zero attached hydrogens (tertiary/aromatic N) is 7. The predicted octanol–water partition coefficient (Wildman–Crippen LogP) is 2.64. The number of azide groups is 2. The Morgan fingerprint density at radius 3 is 1.88 bits per heavy atom. The molecule has 17 heavy (non-hydrogen) atoms. The van der Waals surface area contributed by atoms with Crippen molar-refractivity contribution in [3.63, 3.8) is 0 Å². The second-order valence-corrected chi connectivity index (χ2v) is 2.98. The monoisotopic (exact) mass is 251 g/mol. The lowest BCUT2D eigenvalue weighted by Crippen LogP contribution is -2.04. The van der Waals surface area contributed by atoms with Crippen molar-refractivity contribution in [1.82, 2.24) is 4.98 Å². The summed E-state index contributed by atoms with van der Waals surface area (Å²) in [6.07, 6.45) is 0. The summed E-state index contributed by atoms with van der Waals surface area (Å²) in [4.78, 5) is 30.5. The van der Waals surface area contributed by atoms with E-state index in [0.29, 0.717) is 0 Å². The van der Waals surface area contributed by atoms with Crippen LogP contribution in [-0.2, 0) is 0 Å². The summed E-state index contributed by atoms with van der Waals surface area (Å²) >= 11 is 5.62. The van der Waals surface area contributed by atoms with Gasteiger partial charge in [0.05, 0.1) is 0 Å². The maximum atomic E-state index is 11.2. The molecule has 10 heteroatoms. The van der Waals surface area contributed by atoms with Crippen LogP contribution in [0.1, 0.15) is 21.0 Å². The summed E-state index contributed by atoms with van der Waals surface area (Å²) in [7, 11) is 0. The molecule has 0 bridgehead atoms. The SMILES string of the molecule is [N-]=[N+]=NC(=O)c1cc(Cl)cc(C(=O)N=[N+]=[N-])n1. The fourth-order valence-corrected chi connectivity index (χ4v) is 1.11. The van der Waals surface area contributed by atoms with E-state index in [2.05, 4.69) is 25.0 Å². The normalized spacial score (nSPS) is 8.76. The lowest BCUT2D eigenvalue weighted by molar-refractivity contribution is 0.0992. The average Bonchev–Trinajstić information content (AvgIpc) is 2.29. The van der Waals surface area contributed by atoms with E-state index >= 15 is 0 Å². The standard InChI is InChI=1S/C7H2ClN7O2/c8-3-1-4(6(16)12-14-9)11-5(2-3)7(17)13-15-10/h1-2H. The number of rotatable bonds is 2. The van der Waals surface area contributed by atoms with Crippen LogP contribution in [0.2, 0.25) is 5.02 Å². The third-order valence-electron chi connectivity index (χ3n) is 1.50. The highest BCUT2D eigenvalue weighted by atomic mass is 35.5. The molecule has 1 heterocycles. The van der Waals surface area contributed by atoms with E-state index in [4.69, 9.17) is 22.7 Å². The fraction of sp³-hybridized carbons (Fsp3) is 0. The van der Waals surface area contributed by atoms with Gasteiger partial charge in [0.1, 0.15) is 11.4 Å². The zero-order chi connectivity index (χ0) is 12.8. The molecule has 0 aliphatic rings. The molecule has 9 nitrogen and oxygen atoms in total. The summed E-state index contributed by atoms with van der Waals surface area (Å²) in [5, 5.41) is 5.60. The molecule has 1 aromatic heterocycles. The number of halogens is 1. The maximum Gasteiger partial charge on any atom is 0.267 e. The Labute approximate surface area is 98.3 Å². The number of amides is 2. The number of pyridine rings is 1. The first-order chi connectivity index (χ1) is 8.08. The molecule has 0 aliphatic heterocycles. The third-order valence-corrected chi connectivity index (χ3v) is 1.72. The van der Waals surface area contributed by atoms with Crippen molar-refractivity contribution in [2.75, 3.05) is 0 Å². The minimum Gasteiger partial charge on any atom is -0.285 e. The van der Waals surface area contributed by atoms with Crippen molar-refractivity contribution in [1.29, 1.82) is 0 Å². The van der Waals surface area contributed by atoms with E-state index < -0.39 is 11.8 Å². The molecule has 0 atom stereocenters. The molecule has 0 saturated heterocycles. The van der Waals surface area contributed by atoms with Gasteiger partial charge in [0, 0.05) is 14.8 Å². The van der Waals surface area contributed by atoms with Crippen LogP contribution in [0.15, 0.2) is 22.4 Å². The van der Waals surface area contributed by atoms with E-state index in [0.717, 1.165) is 12.1 Å². The van der Waals surface area contributed by atoms with Gasteiger partial charge in [0.15, 0.2) is 0 Å². The smallest absolute Gasteiger partial charge is 0.267 e. The molecule has 0 spiro atoms.